The van der Waals surface area contributed by atoms with E-state index in [0.717, 1.165) is 6.20 Å². The van der Waals surface area contributed by atoms with Crippen molar-refractivity contribution in [2.75, 3.05) is 6.61 Å². The van der Waals surface area contributed by atoms with Crippen LogP contribution in [-0.2, 0) is 9.53 Å². The van der Waals surface area contributed by atoms with E-state index in [-0.39, 0.29) is 12.3 Å². The molecule has 0 saturated carbocycles. The maximum atomic E-state index is 12.8. The second kappa shape index (κ2) is 5.30. The Morgan fingerprint density at radius 3 is 2.94 bits per heavy atom. The molecule has 1 aromatic rings. The summed E-state index contributed by atoms with van der Waals surface area (Å²) in [6, 6.07) is -0.752. The molecule has 0 spiro atoms. The molecule has 0 fully saturated rings. The maximum Gasteiger partial charge on any atom is 0.329 e. The summed E-state index contributed by atoms with van der Waals surface area (Å²) in [6.07, 6.45) is 0.751. The molecule has 1 aromatic heterocycles. The third-order valence-electron chi connectivity index (χ3n) is 1.90. The number of aromatic nitrogens is 1. The van der Waals surface area contributed by atoms with Gasteiger partial charge in [-0.1, -0.05) is 0 Å². The first-order chi connectivity index (χ1) is 7.97. The van der Waals surface area contributed by atoms with Crippen molar-refractivity contribution in [2.45, 2.75) is 13.0 Å². The van der Waals surface area contributed by atoms with Crippen molar-refractivity contribution < 1.29 is 18.8 Å². The fourth-order valence-electron chi connectivity index (χ4n) is 1.17. The molecule has 2 N–H and O–H groups in total. The van der Waals surface area contributed by atoms with Crippen LogP contribution in [0.5, 0.6) is 0 Å². The molecule has 0 radical (unpaired) electrons. The predicted octanol–water partition coefficient (Wildman–Crippen LogP) is 0.692. The Morgan fingerprint density at radius 2 is 2.41 bits per heavy atom. The van der Waals surface area contributed by atoms with E-state index in [9.17, 15) is 19.3 Å². The van der Waals surface area contributed by atoms with Crippen LogP contribution in [0.1, 0.15) is 18.7 Å². The maximum absolute atomic E-state index is 12.8. The van der Waals surface area contributed by atoms with Crippen LogP contribution in [0.2, 0.25) is 0 Å². The van der Waals surface area contributed by atoms with Gasteiger partial charge in [0.1, 0.15) is 11.5 Å². The van der Waals surface area contributed by atoms with Crippen molar-refractivity contribution in [2.24, 2.45) is 5.73 Å². The lowest BCUT2D eigenvalue weighted by atomic mass is 10.1. The van der Waals surface area contributed by atoms with Gasteiger partial charge in [-0.25, -0.2) is 14.2 Å². The second-order valence-electron chi connectivity index (χ2n) is 3.04. The van der Waals surface area contributed by atoms with Crippen LogP contribution in [0.4, 0.5) is 10.1 Å². The van der Waals surface area contributed by atoms with E-state index in [1.165, 1.54) is 0 Å². The lowest BCUT2D eigenvalue weighted by Crippen LogP contribution is -2.25. The molecule has 0 aromatic carbocycles. The highest BCUT2D eigenvalue weighted by atomic mass is 19.1. The third-order valence-corrected chi connectivity index (χ3v) is 1.90. The van der Waals surface area contributed by atoms with Crippen molar-refractivity contribution in [3.63, 3.8) is 0 Å². The van der Waals surface area contributed by atoms with E-state index in [2.05, 4.69) is 9.72 Å². The van der Waals surface area contributed by atoms with Gasteiger partial charge in [-0.2, -0.15) is 0 Å². The summed E-state index contributed by atoms with van der Waals surface area (Å²) in [5.41, 5.74) is 4.48. The molecule has 7 nitrogen and oxygen atoms in total. The van der Waals surface area contributed by atoms with Gasteiger partial charge in [0.05, 0.1) is 23.8 Å². The van der Waals surface area contributed by atoms with E-state index in [4.69, 9.17) is 5.73 Å². The monoisotopic (exact) mass is 243 g/mol. The van der Waals surface area contributed by atoms with Crippen molar-refractivity contribution in [3.05, 3.63) is 33.9 Å². The number of esters is 1. The van der Waals surface area contributed by atoms with Crippen LogP contribution in [0.3, 0.4) is 0 Å². The largest absolute Gasteiger partial charge is 0.465 e. The normalized spacial score (nSPS) is 11.9. The van der Waals surface area contributed by atoms with Gasteiger partial charge < -0.3 is 10.5 Å². The first-order valence-corrected chi connectivity index (χ1v) is 4.69. The summed E-state index contributed by atoms with van der Waals surface area (Å²) in [6.45, 7) is 1.65. The summed E-state index contributed by atoms with van der Waals surface area (Å²) in [5.74, 6) is -1.73. The molecule has 8 heteroatoms. The summed E-state index contributed by atoms with van der Waals surface area (Å²) < 4.78 is 17.4. The number of pyridine rings is 1. The average Bonchev–Trinajstić information content (AvgIpc) is 2.28. The number of halogens is 1. The highest BCUT2D eigenvalue weighted by molar-refractivity contribution is 5.78. The number of nitrogens with zero attached hydrogens (tertiary/aromatic N) is 2. The van der Waals surface area contributed by atoms with Gasteiger partial charge in [-0.15, -0.1) is 0 Å². The minimum Gasteiger partial charge on any atom is -0.465 e. The molecule has 0 saturated heterocycles. The number of hydrogen-bond donors (Lipinski definition) is 1. The van der Waals surface area contributed by atoms with Gasteiger partial charge in [-0.3, -0.25) is 10.1 Å². The van der Waals surface area contributed by atoms with E-state index < -0.39 is 28.4 Å². The van der Waals surface area contributed by atoms with Crippen LogP contribution < -0.4 is 5.73 Å². The van der Waals surface area contributed by atoms with Crippen LogP contribution in [0.25, 0.3) is 0 Å². The second-order valence-corrected chi connectivity index (χ2v) is 3.04. The number of carbonyl (C=O) groups excluding carboxylic acids is 1. The fourth-order valence-corrected chi connectivity index (χ4v) is 1.17. The molecular weight excluding hydrogens is 233 g/mol. The number of carbonyl (C=O) groups is 1. The zero-order valence-corrected chi connectivity index (χ0v) is 8.92. The Labute approximate surface area is 95.5 Å². The molecule has 17 heavy (non-hydrogen) atoms. The van der Waals surface area contributed by atoms with E-state index in [1.807, 2.05) is 0 Å². The summed E-state index contributed by atoms with van der Waals surface area (Å²) in [7, 11) is 0. The van der Waals surface area contributed by atoms with Gasteiger partial charge >= 0.3 is 5.97 Å². The summed E-state index contributed by atoms with van der Waals surface area (Å²) in [5, 5.41) is 10.7. The van der Waals surface area contributed by atoms with Crippen LogP contribution in [0, 0.1) is 15.9 Å². The van der Waals surface area contributed by atoms with Gasteiger partial charge in [-0.05, 0) is 6.92 Å². The highest BCUT2D eigenvalue weighted by Gasteiger charge is 2.28. The van der Waals surface area contributed by atoms with E-state index in [1.54, 1.807) is 6.92 Å². The van der Waals surface area contributed by atoms with Gasteiger partial charge in [0, 0.05) is 0 Å². The third kappa shape index (κ3) is 2.94. The van der Waals surface area contributed by atoms with Gasteiger partial charge in [0.25, 0.3) is 5.69 Å². The molecule has 0 aliphatic carbocycles. The van der Waals surface area contributed by atoms with Gasteiger partial charge in [0.15, 0.2) is 6.04 Å². The lowest BCUT2D eigenvalue weighted by molar-refractivity contribution is -0.386. The first kappa shape index (κ1) is 13.0. The fraction of sp³-hybridized carbons (Fsp3) is 0.333. The Kier molecular flexibility index (Phi) is 4.05. The standard InChI is InChI=1S/C9H10FN3O4/c1-2-17-9(14)7(11)8-6(13(15)16)3-5(10)4-12-8/h3-4,7H,2,11H2,1H3. The zero-order valence-electron chi connectivity index (χ0n) is 8.92. The number of nitrogens with two attached hydrogens (primary N) is 1. The molecule has 0 aliphatic rings. The quantitative estimate of drug-likeness (QED) is 0.473. The number of rotatable bonds is 4. The minimum atomic E-state index is -1.41. The molecule has 1 rings (SSSR count). The Morgan fingerprint density at radius 1 is 1.76 bits per heavy atom. The molecule has 1 unspecified atom stereocenters. The average molecular weight is 243 g/mol. The molecule has 0 bridgehead atoms. The Hall–Kier alpha value is -2.09. The van der Waals surface area contributed by atoms with Crippen molar-refractivity contribution in [1.82, 2.24) is 4.98 Å². The molecule has 0 amide bonds. The number of nitro groups is 1. The molecule has 1 atom stereocenters. The highest BCUT2D eigenvalue weighted by Crippen LogP contribution is 2.22. The Balaban J connectivity index is 3.12. The number of hydrogen-bond acceptors (Lipinski definition) is 6. The molecule has 92 valence electrons. The SMILES string of the molecule is CCOC(=O)C(N)c1ncc(F)cc1[N+](=O)[O-]. The van der Waals surface area contributed by atoms with Crippen LogP contribution in [-0.4, -0.2) is 22.5 Å². The molecule has 1 heterocycles. The summed E-state index contributed by atoms with van der Waals surface area (Å²) >= 11 is 0. The smallest absolute Gasteiger partial charge is 0.329 e. The van der Waals surface area contributed by atoms with Crippen molar-refractivity contribution >= 4 is 11.7 Å². The number of ether oxygens (including phenoxy) is 1. The molecule has 0 aliphatic heterocycles. The predicted molar refractivity (Wildman–Crippen MR) is 54.4 cm³/mol. The Bertz CT molecular complexity index is 452. The topological polar surface area (TPSA) is 108 Å². The zero-order chi connectivity index (χ0) is 13.0. The van der Waals surface area contributed by atoms with E-state index in [0.29, 0.717) is 6.07 Å². The molecular formula is C9H10FN3O4. The first-order valence-electron chi connectivity index (χ1n) is 4.69. The summed E-state index contributed by atoms with van der Waals surface area (Å²) in [4.78, 5) is 24.6. The lowest BCUT2D eigenvalue weighted by Gasteiger charge is -2.09. The van der Waals surface area contributed by atoms with Crippen molar-refractivity contribution in [3.8, 4) is 0 Å². The van der Waals surface area contributed by atoms with Crippen LogP contribution in [0.15, 0.2) is 12.3 Å². The van der Waals surface area contributed by atoms with E-state index >= 15 is 0 Å². The minimum absolute atomic E-state index is 0.0848. The van der Waals surface area contributed by atoms with Crippen molar-refractivity contribution in [1.29, 1.82) is 0 Å². The van der Waals surface area contributed by atoms with Gasteiger partial charge in [0.2, 0.25) is 0 Å². The van der Waals surface area contributed by atoms with Crippen LogP contribution >= 0.6 is 0 Å².